The second kappa shape index (κ2) is 14.6. The van der Waals surface area contributed by atoms with Crippen LogP contribution in [0.25, 0.3) is 0 Å². The van der Waals surface area contributed by atoms with E-state index in [1.807, 2.05) is 65.0 Å². The van der Waals surface area contributed by atoms with Gasteiger partial charge in [0.2, 0.25) is 34.2 Å². The van der Waals surface area contributed by atoms with E-state index in [-0.39, 0.29) is 42.3 Å². The number of benzene rings is 1. The highest BCUT2D eigenvalue weighted by Gasteiger charge is 2.70. The zero-order valence-electron chi connectivity index (χ0n) is 31.4. The minimum atomic E-state index is -3.53. The molecule has 15 heteroatoms. The number of piperidine rings is 1. The van der Waals surface area contributed by atoms with Gasteiger partial charge in [-0.2, -0.15) is 0 Å². The van der Waals surface area contributed by atoms with E-state index in [2.05, 4.69) is 21.3 Å². The number of amides is 5. The number of nitrogens with zero attached hydrogens (tertiary/aromatic N) is 2. The molecule has 0 bridgehead atoms. The number of rotatable bonds is 13. The van der Waals surface area contributed by atoms with Gasteiger partial charge in [0, 0.05) is 44.6 Å². The quantitative estimate of drug-likeness (QED) is 0.244. The standard InChI is InChI=1S/C36H56F2N6O6S/c1-34(2,3)25(19-43(9)51(10,49)50)41-33(48)42-29(35(4,5)6)32(47)44-18-22-27(36(22,7)8)28(44)31(46)40-24(17-26(37)38)30(45)39-23-16-21(23)20-14-12-11-13-15-20/h11-15,21-29H,16-19H2,1-10H3,(H,39,45)(H,40,46)(H2,41,42,48)/t21-,22+,23?,24+,25-,27+,28+,29-/m1/s1. The van der Waals surface area contributed by atoms with Crippen molar-refractivity contribution in [3.63, 3.8) is 0 Å². The lowest BCUT2D eigenvalue weighted by Crippen LogP contribution is -2.62. The molecule has 0 radical (unpaired) electrons. The lowest BCUT2D eigenvalue weighted by molar-refractivity contribution is -0.144. The first-order valence-electron chi connectivity index (χ1n) is 17.6. The number of carbonyl (C=O) groups is 4. The van der Waals surface area contributed by atoms with Crippen molar-refractivity contribution in [2.24, 2.45) is 28.1 Å². The maximum absolute atomic E-state index is 14.4. The normalized spacial score (nSPS) is 25.8. The highest BCUT2D eigenvalue weighted by molar-refractivity contribution is 7.88. The van der Waals surface area contributed by atoms with E-state index in [1.165, 1.54) is 11.9 Å². The van der Waals surface area contributed by atoms with Crippen molar-refractivity contribution in [2.45, 2.75) is 111 Å². The molecule has 5 amide bonds. The smallest absolute Gasteiger partial charge is 0.315 e. The Hall–Kier alpha value is -3.33. The third kappa shape index (κ3) is 9.57. The average molecular weight is 739 g/mol. The second-order valence-corrected chi connectivity index (χ2v) is 19.4. The molecule has 2 saturated carbocycles. The topological polar surface area (TPSA) is 157 Å². The van der Waals surface area contributed by atoms with E-state index in [0.29, 0.717) is 6.42 Å². The number of alkyl halides is 2. The van der Waals surface area contributed by atoms with Crippen molar-refractivity contribution in [2.75, 3.05) is 26.4 Å². The number of hydrogen-bond donors (Lipinski definition) is 4. The van der Waals surface area contributed by atoms with Gasteiger partial charge in [-0.1, -0.05) is 85.7 Å². The van der Waals surface area contributed by atoms with Gasteiger partial charge in [-0.25, -0.2) is 26.3 Å². The maximum Gasteiger partial charge on any atom is 0.315 e. The average Bonchev–Trinajstić information content (AvgIpc) is 3.80. The van der Waals surface area contributed by atoms with Crippen LogP contribution in [-0.4, -0.2) is 104 Å². The largest absolute Gasteiger partial charge is 0.351 e. The van der Waals surface area contributed by atoms with Gasteiger partial charge in [0.15, 0.2) is 0 Å². The second-order valence-electron chi connectivity index (χ2n) is 17.3. The summed E-state index contributed by atoms with van der Waals surface area (Å²) in [6, 6.07) is 4.37. The highest BCUT2D eigenvalue weighted by Crippen LogP contribution is 2.65. The van der Waals surface area contributed by atoms with Crippen LogP contribution in [0.2, 0.25) is 0 Å². The molecule has 0 aromatic heterocycles. The van der Waals surface area contributed by atoms with Crippen LogP contribution in [0.5, 0.6) is 0 Å². The molecule has 1 aromatic carbocycles. The molecule has 0 spiro atoms. The number of carbonyl (C=O) groups excluding carboxylic acids is 4. The first kappa shape index (κ1) is 40.4. The van der Waals surface area contributed by atoms with Crippen molar-refractivity contribution in [3.8, 4) is 0 Å². The van der Waals surface area contributed by atoms with Gasteiger partial charge in [0.25, 0.3) is 0 Å². The van der Waals surface area contributed by atoms with E-state index >= 15 is 0 Å². The number of sulfonamides is 1. The molecule has 1 aliphatic heterocycles. The molecule has 51 heavy (non-hydrogen) atoms. The summed E-state index contributed by atoms with van der Waals surface area (Å²) in [5.41, 5.74) is -0.642. The van der Waals surface area contributed by atoms with E-state index < -0.39 is 81.6 Å². The fourth-order valence-electron chi connectivity index (χ4n) is 7.26. The summed E-state index contributed by atoms with van der Waals surface area (Å²) in [7, 11) is -2.11. The van der Waals surface area contributed by atoms with Crippen molar-refractivity contribution >= 4 is 33.8 Å². The van der Waals surface area contributed by atoms with Gasteiger partial charge in [-0.3, -0.25) is 14.4 Å². The first-order chi connectivity index (χ1) is 23.3. The predicted molar refractivity (Wildman–Crippen MR) is 190 cm³/mol. The van der Waals surface area contributed by atoms with Crippen LogP contribution in [0.3, 0.4) is 0 Å². The van der Waals surface area contributed by atoms with Crippen LogP contribution < -0.4 is 21.3 Å². The molecule has 286 valence electrons. The van der Waals surface area contributed by atoms with Gasteiger partial charge >= 0.3 is 6.03 Å². The maximum atomic E-state index is 14.4. The molecular formula is C36H56F2N6O6S. The summed E-state index contributed by atoms with van der Waals surface area (Å²) in [6.07, 6.45) is -2.01. The van der Waals surface area contributed by atoms with Gasteiger partial charge < -0.3 is 26.2 Å². The Morgan fingerprint density at radius 1 is 0.980 bits per heavy atom. The Kier molecular flexibility index (Phi) is 11.6. The highest BCUT2D eigenvalue weighted by atomic mass is 32.2. The van der Waals surface area contributed by atoms with Gasteiger partial charge in [-0.15, -0.1) is 0 Å². The number of hydrogen-bond acceptors (Lipinski definition) is 6. The molecule has 1 unspecified atom stereocenters. The van der Waals surface area contributed by atoms with Crippen molar-refractivity contribution < 1.29 is 36.4 Å². The van der Waals surface area contributed by atoms with Crippen LogP contribution in [0, 0.1) is 28.1 Å². The molecule has 4 N–H and O–H groups in total. The monoisotopic (exact) mass is 738 g/mol. The van der Waals surface area contributed by atoms with Gasteiger partial charge in [0.05, 0.1) is 6.26 Å². The number of nitrogens with one attached hydrogen (secondary N) is 4. The molecule has 1 aromatic rings. The van der Waals surface area contributed by atoms with Crippen molar-refractivity contribution in [1.82, 2.24) is 30.5 Å². The molecule has 8 atom stereocenters. The molecule has 2 aliphatic carbocycles. The summed E-state index contributed by atoms with van der Waals surface area (Å²) >= 11 is 0. The van der Waals surface area contributed by atoms with Gasteiger partial charge in [-0.05, 0) is 40.1 Å². The molecule has 3 fully saturated rings. The Morgan fingerprint density at radius 3 is 2.12 bits per heavy atom. The number of likely N-dealkylation sites (tertiary alicyclic amines) is 1. The molecule has 4 rings (SSSR count). The molecule has 1 saturated heterocycles. The Morgan fingerprint density at radius 2 is 1.59 bits per heavy atom. The minimum Gasteiger partial charge on any atom is -0.351 e. The van der Waals surface area contributed by atoms with Crippen LogP contribution in [0.4, 0.5) is 13.6 Å². The van der Waals surface area contributed by atoms with Crippen molar-refractivity contribution in [3.05, 3.63) is 35.9 Å². The number of fused-ring (bicyclic) bond motifs is 1. The first-order valence-corrected chi connectivity index (χ1v) is 19.4. The summed E-state index contributed by atoms with van der Waals surface area (Å²) in [4.78, 5) is 56.6. The number of halogens is 2. The summed E-state index contributed by atoms with van der Waals surface area (Å²) in [5, 5.41) is 11.0. The van der Waals surface area contributed by atoms with E-state index in [1.54, 1.807) is 20.8 Å². The Balaban J connectivity index is 1.50. The molecular weight excluding hydrogens is 682 g/mol. The lowest BCUT2D eigenvalue weighted by atomic mass is 9.85. The summed E-state index contributed by atoms with van der Waals surface area (Å²) in [6.45, 7) is 15.1. The van der Waals surface area contributed by atoms with E-state index in [4.69, 9.17) is 0 Å². The third-order valence-corrected chi connectivity index (χ3v) is 12.2. The lowest BCUT2D eigenvalue weighted by Gasteiger charge is -2.39. The van der Waals surface area contributed by atoms with Crippen LogP contribution in [0.15, 0.2) is 30.3 Å². The summed E-state index contributed by atoms with van der Waals surface area (Å²) in [5.74, 6) is -2.15. The van der Waals surface area contributed by atoms with Crippen molar-refractivity contribution in [1.29, 1.82) is 0 Å². The molecule has 12 nitrogen and oxygen atoms in total. The number of likely N-dealkylation sites (N-methyl/N-ethyl adjacent to an activating group) is 1. The van der Waals surface area contributed by atoms with E-state index in [9.17, 15) is 36.4 Å². The third-order valence-electron chi connectivity index (χ3n) is 10.9. The minimum absolute atomic E-state index is 0.00227. The number of urea groups is 1. The van der Waals surface area contributed by atoms with Gasteiger partial charge in [0.1, 0.15) is 18.1 Å². The SMILES string of the molecule is CN(C[C@@H](NC(=O)N[C@H](C(=O)N1C[C@H]2[C@@H]([C@H]1C(=O)N[C@@H](CC(F)F)C(=O)NC1C[C@@H]1c1ccccc1)C2(C)C)C(C)(C)C)C(C)(C)C)S(C)(=O)=O. The zero-order valence-corrected chi connectivity index (χ0v) is 32.2. The van der Waals surface area contributed by atoms with Crippen LogP contribution in [-0.2, 0) is 24.4 Å². The predicted octanol–water partition coefficient (Wildman–Crippen LogP) is 3.30. The van der Waals surface area contributed by atoms with E-state index in [0.717, 1.165) is 16.1 Å². The molecule has 1 heterocycles. The Labute approximate surface area is 301 Å². The fraction of sp³-hybridized carbons (Fsp3) is 0.722. The van der Waals surface area contributed by atoms with Crippen LogP contribution >= 0.6 is 0 Å². The zero-order chi connectivity index (χ0) is 38.4. The van der Waals surface area contributed by atoms with Crippen LogP contribution in [0.1, 0.15) is 79.7 Å². The fourth-order valence-corrected chi connectivity index (χ4v) is 7.68. The molecule has 3 aliphatic rings. The Bertz CT molecular complexity index is 1580. The summed E-state index contributed by atoms with van der Waals surface area (Å²) < 4.78 is 52.9.